The lowest BCUT2D eigenvalue weighted by Crippen LogP contribution is -2.60. The van der Waals surface area contributed by atoms with E-state index in [1.165, 1.54) is 19.9 Å². The molecular formula is C41H60N6O11. The zero-order valence-corrected chi connectivity index (χ0v) is 35.2. The average Bonchev–Trinajstić information content (AvgIpc) is 3.20. The van der Waals surface area contributed by atoms with Gasteiger partial charge in [0.05, 0.1) is 42.7 Å². The third kappa shape index (κ3) is 9.44. The number of hydrogen-bond donors (Lipinski definition) is 3. The fourth-order valence-electron chi connectivity index (χ4n) is 8.85. The van der Waals surface area contributed by atoms with E-state index >= 15 is 0 Å². The van der Waals surface area contributed by atoms with Crippen LogP contribution in [-0.4, -0.2) is 137 Å². The minimum absolute atomic E-state index is 0.00337. The molecule has 4 aliphatic rings. The number of rotatable bonds is 6. The quantitative estimate of drug-likeness (QED) is 0.276. The SMILES string of the molecule is CC[C@H]1OC(=O)[C@H](C)C(=O)[C@H](C)[C@@H](O[C@@H]2O[C@H](C)C[C@H](N(C)C)[C@H]2O)[C@@]2(C)C[C@@H](C)C3=NC(=O)C(Cc4ccc(C#N)c(N)n4)O/N=C(/CO[C@H]([C@H]3C)[C@]1(C)O)CO2. The number of aliphatic imine (C=N–C) groups is 1. The number of oxime groups is 1. The Morgan fingerprint density at radius 3 is 2.43 bits per heavy atom. The van der Waals surface area contributed by atoms with Gasteiger partial charge in [0.15, 0.2) is 12.1 Å². The van der Waals surface area contributed by atoms with E-state index in [2.05, 4.69) is 15.1 Å². The van der Waals surface area contributed by atoms with Crippen LogP contribution in [0.1, 0.15) is 85.9 Å². The minimum Gasteiger partial charge on any atom is -0.459 e. The summed E-state index contributed by atoms with van der Waals surface area (Å²) in [4.78, 5) is 59.4. The van der Waals surface area contributed by atoms with Crippen molar-refractivity contribution in [3.63, 3.8) is 0 Å². The Labute approximate surface area is 340 Å². The molecule has 1 aromatic rings. The van der Waals surface area contributed by atoms with Crippen LogP contribution in [0.25, 0.3) is 0 Å². The van der Waals surface area contributed by atoms with Gasteiger partial charge >= 0.3 is 5.97 Å². The molecule has 14 atom stereocenters. The summed E-state index contributed by atoms with van der Waals surface area (Å²) in [5.74, 6) is -5.74. The van der Waals surface area contributed by atoms with Crippen molar-refractivity contribution in [2.75, 3.05) is 33.0 Å². The van der Waals surface area contributed by atoms with Crippen LogP contribution in [0.2, 0.25) is 0 Å². The van der Waals surface area contributed by atoms with Gasteiger partial charge in [0.2, 0.25) is 6.10 Å². The van der Waals surface area contributed by atoms with Gasteiger partial charge in [0, 0.05) is 35.7 Å². The summed E-state index contributed by atoms with van der Waals surface area (Å²) >= 11 is 0. The summed E-state index contributed by atoms with van der Waals surface area (Å²) < 4.78 is 32.2. The number of aromatic nitrogens is 1. The lowest BCUT2D eigenvalue weighted by Gasteiger charge is -2.47. The second kappa shape index (κ2) is 18.2. The van der Waals surface area contributed by atoms with E-state index in [4.69, 9.17) is 34.3 Å². The molecule has 5 heterocycles. The predicted octanol–water partition coefficient (Wildman–Crippen LogP) is 2.38. The van der Waals surface area contributed by atoms with Crippen LogP contribution in [0.5, 0.6) is 0 Å². The molecule has 0 saturated carbocycles. The van der Waals surface area contributed by atoms with Gasteiger partial charge in [-0.3, -0.25) is 14.4 Å². The Bertz CT molecular complexity index is 1800. The fourth-order valence-corrected chi connectivity index (χ4v) is 8.85. The van der Waals surface area contributed by atoms with Crippen molar-refractivity contribution in [3.05, 3.63) is 23.4 Å². The van der Waals surface area contributed by atoms with Crippen molar-refractivity contribution >= 4 is 34.9 Å². The molecule has 58 heavy (non-hydrogen) atoms. The Hall–Kier alpha value is -3.89. The van der Waals surface area contributed by atoms with Crippen molar-refractivity contribution in [2.45, 2.75) is 141 Å². The molecule has 17 heteroatoms. The highest BCUT2D eigenvalue weighted by molar-refractivity contribution is 6.01. The molecule has 3 saturated heterocycles. The number of nitriles is 1. The number of hydrogen-bond acceptors (Lipinski definition) is 16. The first-order valence-corrected chi connectivity index (χ1v) is 20.1. The number of amides is 1. The van der Waals surface area contributed by atoms with E-state index < -0.39 is 89.3 Å². The highest BCUT2D eigenvalue weighted by atomic mass is 16.7. The van der Waals surface area contributed by atoms with Crippen molar-refractivity contribution in [1.82, 2.24) is 9.88 Å². The zero-order valence-electron chi connectivity index (χ0n) is 35.2. The molecule has 0 spiro atoms. The summed E-state index contributed by atoms with van der Waals surface area (Å²) in [5.41, 5.74) is 3.76. The van der Waals surface area contributed by atoms with Gasteiger partial charge in [-0.05, 0) is 79.1 Å². The maximum absolute atomic E-state index is 14.4. The maximum atomic E-state index is 14.4. The Kier molecular flexibility index (Phi) is 14.2. The first-order valence-electron chi connectivity index (χ1n) is 20.1. The van der Waals surface area contributed by atoms with Crippen LogP contribution in [0.3, 0.4) is 0 Å². The van der Waals surface area contributed by atoms with Gasteiger partial charge in [0.25, 0.3) is 5.91 Å². The lowest BCUT2D eigenvalue weighted by atomic mass is 9.73. The van der Waals surface area contributed by atoms with E-state index in [0.29, 0.717) is 17.8 Å². The maximum Gasteiger partial charge on any atom is 0.316 e. The topological polar surface area (TPSA) is 238 Å². The number of aliphatic hydroxyl groups is 2. The Morgan fingerprint density at radius 2 is 1.79 bits per heavy atom. The number of aliphatic hydroxyl groups excluding tert-OH is 1. The standard InChI is InChI=1S/C41H60N6O11/c1-11-30-41(8,52)35-22(4)31-20(2)16-40(7,34(23(5)32(48)24(6)38(51)56-30)57-39-33(49)28(47(9)10)14-21(3)55-39)54-19-27(18-53-35)46-58-29(37(50)45-31)15-26-13-12-25(17-42)36(43)44-26/h12-13,20-24,28-30,33-35,39,49,52H,11,14-16,18-19H2,1-10H3,(H2,43,44)/b45-31?,46-27-/t20-,21-,22+,23+,24-,28+,29?,30-,33-,34-,35-,39+,40-,41-/m1/s1. The van der Waals surface area contributed by atoms with Crippen LogP contribution in [0.4, 0.5) is 5.82 Å². The van der Waals surface area contributed by atoms with Gasteiger partial charge in [-0.2, -0.15) is 5.26 Å². The van der Waals surface area contributed by atoms with Gasteiger partial charge in [-0.25, -0.2) is 9.98 Å². The molecule has 4 aliphatic heterocycles. The van der Waals surface area contributed by atoms with E-state index in [1.807, 2.05) is 38.9 Å². The molecule has 4 bridgehead atoms. The number of fused-ring (bicyclic) bond motifs is 4. The molecule has 0 aromatic carbocycles. The summed E-state index contributed by atoms with van der Waals surface area (Å²) in [6.45, 7) is 13.1. The largest absolute Gasteiger partial charge is 0.459 e. The van der Waals surface area contributed by atoms with Crippen LogP contribution in [0.15, 0.2) is 22.3 Å². The Balaban J connectivity index is 1.70. The van der Waals surface area contributed by atoms with E-state index in [1.54, 1.807) is 33.8 Å². The zero-order chi connectivity index (χ0) is 42.9. The van der Waals surface area contributed by atoms with Gasteiger partial charge in [-0.15, -0.1) is 0 Å². The van der Waals surface area contributed by atoms with Crippen LogP contribution < -0.4 is 5.73 Å². The summed E-state index contributed by atoms with van der Waals surface area (Å²) in [6, 6.07) is 4.71. The molecule has 1 amide bonds. The molecule has 5 rings (SSSR count). The number of cyclic esters (lactones) is 1. The second-order valence-corrected chi connectivity index (χ2v) is 17.0. The number of ether oxygens (including phenoxy) is 5. The molecule has 0 radical (unpaired) electrons. The Morgan fingerprint density at radius 1 is 1.09 bits per heavy atom. The third-order valence-corrected chi connectivity index (χ3v) is 12.2. The number of nitrogen functional groups attached to an aromatic ring is 1. The number of nitrogens with zero attached hydrogens (tertiary/aromatic N) is 5. The fraction of sp³-hybridized carbons (Fsp3) is 0.732. The number of likely N-dealkylation sites (N-methyl/N-ethyl adjacent to an activating group) is 1. The molecule has 0 aliphatic carbocycles. The summed E-state index contributed by atoms with van der Waals surface area (Å²) in [7, 11) is 3.71. The van der Waals surface area contributed by atoms with Gasteiger partial charge in [-0.1, -0.05) is 32.9 Å². The third-order valence-electron chi connectivity index (χ3n) is 12.2. The average molecular weight is 813 g/mol. The van der Waals surface area contributed by atoms with Crippen molar-refractivity contribution < 1.29 is 53.1 Å². The predicted molar refractivity (Wildman–Crippen MR) is 210 cm³/mol. The minimum atomic E-state index is -1.87. The van der Waals surface area contributed by atoms with E-state index in [-0.39, 0.29) is 61.7 Å². The molecular weight excluding hydrogens is 752 g/mol. The van der Waals surface area contributed by atoms with Crippen molar-refractivity contribution in [1.29, 1.82) is 5.26 Å². The number of carbonyl (C=O) groups excluding carboxylic acids is 3. The molecule has 3 fully saturated rings. The number of ketones is 1. The normalized spacial score (nSPS) is 40.2. The molecule has 1 aromatic heterocycles. The highest BCUT2D eigenvalue weighted by Crippen LogP contribution is 2.40. The number of nitrogens with two attached hydrogens (primary N) is 1. The van der Waals surface area contributed by atoms with E-state index in [9.17, 15) is 29.9 Å². The number of carbonyl (C=O) groups is 3. The van der Waals surface area contributed by atoms with Crippen LogP contribution >= 0.6 is 0 Å². The van der Waals surface area contributed by atoms with Crippen LogP contribution in [0, 0.1) is 35.0 Å². The smallest absolute Gasteiger partial charge is 0.316 e. The highest BCUT2D eigenvalue weighted by Gasteiger charge is 2.53. The molecule has 4 N–H and O–H groups in total. The number of pyridine rings is 1. The van der Waals surface area contributed by atoms with Gasteiger partial charge < -0.3 is 49.4 Å². The first kappa shape index (κ1) is 45.2. The monoisotopic (exact) mass is 812 g/mol. The van der Waals surface area contributed by atoms with E-state index in [0.717, 1.165) is 0 Å². The first-order chi connectivity index (χ1) is 27.2. The number of anilines is 1. The van der Waals surface area contributed by atoms with Crippen molar-refractivity contribution in [3.8, 4) is 6.07 Å². The van der Waals surface area contributed by atoms with Crippen LogP contribution in [-0.2, 0) is 49.3 Å². The number of Topliss-reactive ketones (excluding diaryl/α,β-unsaturated/α-hetero) is 1. The molecule has 1 unspecified atom stereocenters. The lowest BCUT2D eigenvalue weighted by molar-refractivity contribution is -0.296. The van der Waals surface area contributed by atoms with Crippen molar-refractivity contribution in [2.24, 2.45) is 33.8 Å². The molecule has 17 nitrogen and oxygen atoms in total. The van der Waals surface area contributed by atoms with Gasteiger partial charge in [0.1, 0.15) is 41.3 Å². The summed E-state index contributed by atoms with van der Waals surface area (Å²) in [5, 5.41) is 37.7. The number of esters is 1. The second-order valence-electron chi connectivity index (χ2n) is 17.0. The molecule has 320 valence electrons. The summed E-state index contributed by atoms with van der Waals surface area (Å²) in [6.07, 6.45) is -6.60.